The molecule has 10 aromatic rings. The molecule has 0 fully saturated rings. The molecular weight excluding hydrogens is 703 g/mol. The predicted octanol–water partition coefficient (Wildman–Crippen LogP) is 13.2. The second kappa shape index (κ2) is 13.9. The Balaban J connectivity index is 1.05. The normalized spacial score (nSPS) is 11.8. The van der Waals surface area contributed by atoms with Gasteiger partial charge in [-0.1, -0.05) is 141 Å². The second-order valence-corrected chi connectivity index (χ2v) is 14.6. The van der Waals surface area contributed by atoms with Crippen molar-refractivity contribution in [1.29, 1.82) is 0 Å². The lowest BCUT2D eigenvalue weighted by molar-refractivity contribution is 1.04. The van der Waals surface area contributed by atoms with E-state index in [2.05, 4.69) is 139 Å². The number of hydrogen-bond acceptors (Lipinski definition) is 5. The van der Waals surface area contributed by atoms with Gasteiger partial charge < -0.3 is 4.57 Å². The third-order valence-electron chi connectivity index (χ3n) is 10.2. The third-order valence-corrected chi connectivity index (χ3v) is 11.3. The molecule has 0 atom stereocenters. The number of hydrogen-bond donors (Lipinski definition) is 0. The highest BCUT2D eigenvalue weighted by atomic mass is 32.1. The van der Waals surface area contributed by atoms with E-state index in [0.717, 1.165) is 65.9 Å². The van der Waals surface area contributed by atoms with E-state index in [9.17, 15) is 0 Å². The molecule has 0 spiro atoms. The van der Waals surface area contributed by atoms with Crippen LogP contribution < -0.4 is 0 Å². The Bertz CT molecular complexity index is 3140. The van der Waals surface area contributed by atoms with Crippen molar-refractivity contribution in [1.82, 2.24) is 24.5 Å². The molecule has 0 aliphatic rings. The quantitative estimate of drug-likeness (QED) is 0.146. The van der Waals surface area contributed by atoms with Crippen LogP contribution in [0.25, 0.3) is 98.5 Å². The van der Waals surface area contributed by atoms with Crippen LogP contribution in [0.2, 0.25) is 0 Å². The van der Waals surface area contributed by atoms with Crippen LogP contribution >= 0.6 is 11.3 Å². The van der Waals surface area contributed by atoms with Crippen molar-refractivity contribution >= 4 is 59.7 Å². The van der Waals surface area contributed by atoms with Crippen molar-refractivity contribution in [3.8, 4) is 50.2 Å². The first-order valence-corrected chi connectivity index (χ1v) is 19.3. The molecule has 0 radical (unpaired) electrons. The Labute approximate surface area is 328 Å². The van der Waals surface area contributed by atoms with E-state index in [0.29, 0.717) is 17.5 Å². The summed E-state index contributed by atoms with van der Waals surface area (Å²) in [6.07, 6.45) is 5.33. The molecular formula is C50H33N5S. The van der Waals surface area contributed by atoms with Gasteiger partial charge in [-0.3, -0.25) is 0 Å². The number of rotatable bonds is 8. The van der Waals surface area contributed by atoms with Crippen LogP contribution in [0.1, 0.15) is 5.82 Å². The average Bonchev–Trinajstić information content (AvgIpc) is 3.85. The summed E-state index contributed by atoms with van der Waals surface area (Å²) in [4.78, 5) is 19.7. The van der Waals surface area contributed by atoms with Crippen LogP contribution in [-0.4, -0.2) is 24.5 Å². The topological polar surface area (TPSA) is 56.5 Å². The van der Waals surface area contributed by atoms with Gasteiger partial charge in [0.1, 0.15) is 5.01 Å². The lowest BCUT2D eigenvalue weighted by Crippen LogP contribution is -2.02. The molecule has 0 aliphatic heterocycles. The van der Waals surface area contributed by atoms with Gasteiger partial charge in [-0.2, -0.15) is 0 Å². The number of aromatic nitrogens is 5. The first kappa shape index (κ1) is 33.3. The molecule has 6 heteroatoms. The highest BCUT2D eigenvalue weighted by Crippen LogP contribution is 2.41. The highest BCUT2D eigenvalue weighted by Gasteiger charge is 2.19. The minimum atomic E-state index is 0.549. The molecule has 5 nitrogen and oxygen atoms in total. The summed E-state index contributed by atoms with van der Waals surface area (Å²) < 4.78 is 3.57. The Kier molecular flexibility index (Phi) is 8.24. The minimum absolute atomic E-state index is 0.549. The zero-order valence-electron chi connectivity index (χ0n) is 30.3. The van der Waals surface area contributed by atoms with Crippen LogP contribution in [0.4, 0.5) is 0 Å². The second-order valence-electron chi connectivity index (χ2n) is 13.6. The number of allylic oxidation sites excluding steroid dienone is 4. The predicted molar refractivity (Wildman–Crippen MR) is 235 cm³/mol. The van der Waals surface area contributed by atoms with Gasteiger partial charge in [0.25, 0.3) is 0 Å². The van der Waals surface area contributed by atoms with Gasteiger partial charge in [0.2, 0.25) is 0 Å². The molecule has 0 unspecified atom stereocenters. The molecule has 10 rings (SSSR count). The number of thiazole rings is 1. The highest BCUT2D eigenvalue weighted by molar-refractivity contribution is 7.21. The minimum Gasteiger partial charge on any atom is -0.309 e. The van der Waals surface area contributed by atoms with E-state index >= 15 is 0 Å². The van der Waals surface area contributed by atoms with Crippen LogP contribution in [0.15, 0.2) is 189 Å². The first-order valence-electron chi connectivity index (χ1n) is 18.5. The van der Waals surface area contributed by atoms with Crippen LogP contribution in [0.3, 0.4) is 0 Å². The van der Waals surface area contributed by atoms with Gasteiger partial charge in [0.15, 0.2) is 17.5 Å². The van der Waals surface area contributed by atoms with Gasteiger partial charge in [0, 0.05) is 38.7 Å². The third kappa shape index (κ3) is 5.80. The molecule has 0 saturated heterocycles. The molecule has 0 amide bonds. The van der Waals surface area contributed by atoms with Crippen molar-refractivity contribution in [2.45, 2.75) is 0 Å². The van der Waals surface area contributed by atoms with Crippen molar-refractivity contribution in [2.75, 3.05) is 0 Å². The summed E-state index contributed by atoms with van der Waals surface area (Å²) in [7, 11) is 0. The van der Waals surface area contributed by atoms with Crippen molar-refractivity contribution in [3.63, 3.8) is 0 Å². The van der Waals surface area contributed by atoms with Gasteiger partial charge in [-0.15, -0.1) is 11.3 Å². The molecule has 0 bridgehead atoms. The van der Waals surface area contributed by atoms with Crippen molar-refractivity contribution < 1.29 is 0 Å². The number of para-hydroxylation sites is 3. The van der Waals surface area contributed by atoms with E-state index in [1.165, 1.54) is 21.0 Å². The molecule has 3 aromatic heterocycles. The Morgan fingerprint density at radius 1 is 0.554 bits per heavy atom. The smallest absolute Gasteiger partial charge is 0.164 e. The average molecular weight is 736 g/mol. The fourth-order valence-electron chi connectivity index (χ4n) is 7.53. The van der Waals surface area contributed by atoms with Crippen LogP contribution in [-0.2, 0) is 0 Å². The molecule has 7 aromatic carbocycles. The molecule has 0 saturated carbocycles. The van der Waals surface area contributed by atoms with E-state index < -0.39 is 0 Å². The van der Waals surface area contributed by atoms with Crippen LogP contribution in [0, 0.1) is 0 Å². The van der Waals surface area contributed by atoms with Gasteiger partial charge in [-0.05, 0) is 70.4 Å². The number of fused-ring (bicyclic) bond motifs is 5. The lowest BCUT2D eigenvalue weighted by atomic mass is 9.99. The summed E-state index contributed by atoms with van der Waals surface area (Å²) in [6, 6.07) is 55.4. The molecule has 0 aliphatic carbocycles. The maximum absolute atomic E-state index is 5.07. The van der Waals surface area contributed by atoms with E-state index in [1.807, 2.05) is 42.5 Å². The zero-order valence-corrected chi connectivity index (χ0v) is 31.1. The standard InChI is InChI=1S/C50H33N5S/c1-3-13-32(4-2)47-52-48(35-14-6-5-7-15-35)54-49(53-47)37-25-23-34-22-24-36(30-38(34)31-37)33-26-28-39(29-27-33)55-44-20-10-8-16-40(44)41-17-12-18-42(46(41)55)50-51-43-19-9-11-21-45(43)56-50/h3-31H,1-2H2/b32-13+. The maximum Gasteiger partial charge on any atom is 0.164 e. The van der Waals surface area contributed by atoms with Gasteiger partial charge >= 0.3 is 0 Å². The fraction of sp³-hybridized carbons (Fsp3) is 0. The summed E-state index contributed by atoms with van der Waals surface area (Å²) in [5, 5.41) is 5.69. The van der Waals surface area contributed by atoms with E-state index in [4.69, 9.17) is 19.9 Å². The SMILES string of the molecule is C=C/C=C(\C=C)c1nc(-c2ccccc2)nc(-c2ccc3ccc(-c4ccc(-n5c6ccccc6c6cccc(-c7nc8ccccc8s7)c65)cc4)cc3c2)n1. The van der Waals surface area contributed by atoms with E-state index in [1.54, 1.807) is 23.5 Å². The Morgan fingerprint density at radius 3 is 2.05 bits per heavy atom. The molecule has 56 heavy (non-hydrogen) atoms. The lowest BCUT2D eigenvalue weighted by Gasteiger charge is -2.12. The Hall–Kier alpha value is -7.28. The Morgan fingerprint density at radius 2 is 1.25 bits per heavy atom. The summed E-state index contributed by atoms with van der Waals surface area (Å²) in [5.41, 5.74) is 10.4. The molecule has 3 heterocycles. The van der Waals surface area contributed by atoms with Gasteiger partial charge in [-0.25, -0.2) is 19.9 Å². The van der Waals surface area contributed by atoms with Gasteiger partial charge in [0.05, 0.1) is 21.3 Å². The summed E-state index contributed by atoms with van der Waals surface area (Å²) in [5.74, 6) is 1.75. The zero-order chi connectivity index (χ0) is 37.6. The molecule has 264 valence electrons. The first-order chi connectivity index (χ1) is 27.6. The summed E-state index contributed by atoms with van der Waals surface area (Å²) >= 11 is 1.74. The summed E-state index contributed by atoms with van der Waals surface area (Å²) in [6.45, 7) is 7.86. The van der Waals surface area contributed by atoms with Crippen molar-refractivity contribution in [2.24, 2.45) is 0 Å². The van der Waals surface area contributed by atoms with Crippen LogP contribution in [0.5, 0.6) is 0 Å². The molecule has 0 N–H and O–H groups in total. The number of benzene rings is 7. The van der Waals surface area contributed by atoms with E-state index in [-0.39, 0.29) is 0 Å². The monoisotopic (exact) mass is 735 g/mol. The van der Waals surface area contributed by atoms with Crippen molar-refractivity contribution in [3.05, 3.63) is 195 Å². The maximum atomic E-state index is 5.07. The fourth-order valence-corrected chi connectivity index (χ4v) is 8.52. The largest absolute Gasteiger partial charge is 0.309 e. The number of nitrogens with zero attached hydrogens (tertiary/aromatic N) is 5.